The first-order chi connectivity index (χ1) is 8.36. The van der Waals surface area contributed by atoms with Crippen molar-refractivity contribution >= 4 is 11.9 Å². The number of carbonyl (C=O) groups excluding carboxylic acids is 1. The first-order valence-corrected chi connectivity index (χ1v) is 5.81. The summed E-state index contributed by atoms with van der Waals surface area (Å²) in [6.07, 6.45) is 1.42. The van der Waals surface area contributed by atoms with E-state index in [2.05, 4.69) is 4.98 Å². The molecule has 0 aliphatic heterocycles. The highest BCUT2D eigenvalue weighted by Gasteiger charge is 2.24. The maximum atomic E-state index is 12.2. The van der Waals surface area contributed by atoms with E-state index >= 15 is 0 Å². The zero-order valence-corrected chi connectivity index (χ0v) is 11.0. The molecule has 1 aromatic rings. The van der Waals surface area contributed by atoms with Crippen molar-refractivity contribution in [2.24, 2.45) is 5.92 Å². The lowest BCUT2D eigenvalue weighted by Crippen LogP contribution is -2.39. The molecule has 1 unspecified atom stereocenters. The Balaban J connectivity index is 3.08. The lowest BCUT2D eigenvalue weighted by molar-refractivity contribution is 0.0655. The maximum absolute atomic E-state index is 12.2. The molecule has 18 heavy (non-hydrogen) atoms. The molecule has 0 fully saturated rings. The third-order valence-electron chi connectivity index (χ3n) is 3.14. The number of aromatic carboxylic acids is 1. The third-order valence-corrected chi connectivity index (χ3v) is 3.14. The number of amides is 1. The highest BCUT2D eigenvalue weighted by atomic mass is 16.4. The van der Waals surface area contributed by atoms with Crippen LogP contribution in [0.2, 0.25) is 0 Å². The van der Waals surface area contributed by atoms with Gasteiger partial charge in [-0.1, -0.05) is 13.8 Å². The van der Waals surface area contributed by atoms with Gasteiger partial charge in [-0.05, 0) is 25.0 Å². The van der Waals surface area contributed by atoms with Gasteiger partial charge in [0.2, 0.25) is 0 Å². The summed E-state index contributed by atoms with van der Waals surface area (Å²) in [6, 6.07) is 2.91. The predicted octanol–water partition coefficient (Wildman–Crippen LogP) is 1.90. The van der Waals surface area contributed by atoms with Crippen molar-refractivity contribution in [3.05, 3.63) is 29.6 Å². The van der Waals surface area contributed by atoms with Crippen LogP contribution in [0.3, 0.4) is 0 Å². The summed E-state index contributed by atoms with van der Waals surface area (Å²) < 4.78 is 0. The van der Waals surface area contributed by atoms with Gasteiger partial charge in [0.1, 0.15) is 5.69 Å². The number of carboxylic acid groups (broad SMARTS) is 1. The molecule has 0 saturated heterocycles. The van der Waals surface area contributed by atoms with Crippen LogP contribution in [0.15, 0.2) is 18.3 Å². The molecule has 0 spiro atoms. The summed E-state index contributed by atoms with van der Waals surface area (Å²) >= 11 is 0. The minimum Gasteiger partial charge on any atom is -0.478 e. The van der Waals surface area contributed by atoms with E-state index in [4.69, 9.17) is 5.11 Å². The number of hydrogen-bond acceptors (Lipinski definition) is 3. The fraction of sp³-hybridized carbons (Fsp3) is 0.462. The van der Waals surface area contributed by atoms with Crippen LogP contribution in [-0.2, 0) is 0 Å². The molecule has 1 heterocycles. The fourth-order valence-electron chi connectivity index (χ4n) is 1.55. The van der Waals surface area contributed by atoms with E-state index in [1.165, 1.54) is 23.2 Å². The van der Waals surface area contributed by atoms with Gasteiger partial charge in [0.25, 0.3) is 5.91 Å². The predicted molar refractivity (Wildman–Crippen MR) is 67.6 cm³/mol. The Morgan fingerprint density at radius 1 is 1.33 bits per heavy atom. The summed E-state index contributed by atoms with van der Waals surface area (Å²) in [7, 11) is 1.66. The monoisotopic (exact) mass is 250 g/mol. The number of carboxylic acids is 1. The van der Waals surface area contributed by atoms with Gasteiger partial charge in [-0.15, -0.1) is 0 Å². The molecule has 0 aliphatic carbocycles. The summed E-state index contributed by atoms with van der Waals surface area (Å²) in [5.74, 6) is -1.22. The number of rotatable bonds is 4. The zero-order chi connectivity index (χ0) is 13.9. The molecule has 0 radical (unpaired) electrons. The molecule has 1 rings (SSSR count). The summed E-state index contributed by atoms with van der Waals surface area (Å²) in [5, 5.41) is 9.03. The van der Waals surface area contributed by atoms with E-state index in [0.29, 0.717) is 0 Å². The first-order valence-electron chi connectivity index (χ1n) is 5.81. The van der Waals surface area contributed by atoms with E-state index in [0.717, 1.165) is 0 Å². The third kappa shape index (κ3) is 2.85. The number of hydrogen-bond donors (Lipinski definition) is 1. The molecule has 0 aromatic carbocycles. The van der Waals surface area contributed by atoms with E-state index < -0.39 is 5.97 Å². The Morgan fingerprint density at radius 3 is 2.44 bits per heavy atom. The van der Waals surface area contributed by atoms with Gasteiger partial charge in [-0.25, -0.2) is 4.79 Å². The number of aromatic nitrogens is 1. The van der Waals surface area contributed by atoms with Crippen LogP contribution in [0.4, 0.5) is 0 Å². The second kappa shape index (κ2) is 5.62. The molecular weight excluding hydrogens is 232 g/mol. The van der Waals surface area contributed by atoms with Crippen molar-refractivity contribution < 1.29 is 14.7 Å². The molecule has 1 atom stereocenters. The van der Waals surface area contributed by atoms with Crippen molar-refractivity contribution in [1.29, 1.82) is 0 Å². The lowest BCUT2D eigenvalue weighted by Gasteiger charge is -2.27. The molecule has 98 valence electrons. The quantitative estimate of drug-likeness (QED) is 0.886. The first kappa shape index (κ1) is 14.2. The van der Waals surface area contributed by atoms with Crippen LogP contribution in [0.1, 0.15) is 41.6 Å². The smallest absolute Gasteiger partial charge is 0.338 e. The Hall–Kier alpha value is -1.91. The van der Waals surface area contributed by atoms with E-state index in [9.17, 15) is 9.59 Å². The topological polar surface area (TPSA) is 70.5 Å². The molecule has 1 N–H and O–H groups in total. The Bertz CT molecular complexity index is 457. The number of carbonyl (C=O) groups is 2. The van der Waals surface area contributed by atoms with E-state index in [1.54, 1.807) is 7.05 Å². The van der Waals surface area contributed by atoms with Crippen LogP contribution in [0.5, 0.6) is 0 Å². The van der Waals surface area contributed by atoms with Crippen molar-refractivity contribution in [2.75, 3.05) is 7.05 Å². The average Bonchev–Trinajstić information content (AvgIpc) is 2.35. The fourth-order valence-corrected chi connectivity index (χ4v) is 1.55. The minimum atomic E-state index is -1.14. The normalized spacial score (nSPS) is 12.3. The van der Waals surface area contributed by atoms with Gasteiger partial charge >= 0.3 is 5.97 Å². The molecule has 0 bridgehead atoms. The SMILES string of the molecule is CC(C)C(C)N(C)C(=O)c1ncccc1C(=O)O. The van der Waals surface area contributed by atoms with Gasteiger partial charge in [0.05, 0.1) is 5.56 Å². The molecule has 1 amide bonds. The molecule has 0 aliphatic rings. The van der Waals surface area contributed by atoms with Gasteiger partial charge in [-0.3, -0.25) is 9.78 Å². The van der Waals surface area contributed by atoms with Crippen LogP contribution >= 0.6 is 0 Å². The van der Waals surface area contributed by atoms with Crippen molar-refractivity contribution in [3.8, 4) is 0 Å². The van der Waals surface area contributed by atoms with Crippen LogP contribution in [0.25, 0.3) is 0 Å². The van der Waals surface area contributed by atoms with Crippen molar-refractivity contribution in [1.82, 2.24) is 9.88 Å². The van der Waals surface area contributed by atoms with Gasteiger partial charge in [0.15, 0.2) is 0 Å². The molecular formula is C13H18N2O3. The molecule has 1 aromatic heterocycles. The highest BCUT2D eigenvalue weighted by Crippen LogP contribution is 2.14. The summed E-state index contributed by atoms with van der Waals surface area (Å²) in [5.41, 5.74) is -0.0784. The van der Waals surface area contributed by atoms with Crippen LogP contribution in [0, 0.1) is 5.92 Å². The van der Waals surface area contributed by atoms with Gasteiger partial charge in [-0.2, -0.15) is 0 Å². The largest absolute Gasteiger partial charge is 0.478 e. The van der Waals surface area contributed by atoms with E-state index in [1.807, 2.05) is 20.8 Å². The standard InChI is InChI=1S/C13H18N2O3/c1-8(2)9(3)15(4)12(16)11-10(13(17)18)6-5-7-14-11/h5-9H,1-4H3,(H,17,18). The Morgan fingerprint density at radius 2 is 1.94 bits per heavy atom. The van der Waals surface area contributed by atoms with Gasteiger partial charge in [0, 0.05) is 19.3 Å². The molecule has 5 nitrogen and oxygen atoms in total. The van der Waals surface area contributed by atoms with E-state index in [-0.39, 0.29) is 29.1 Å². The van der Waals surface area contributed by atoms with Crippen LogP contribution < -0.4 is 0 Å². The second-order valence-electron chi connectivity index (χ2n) is 4.61. The zero-order valence-electron chi connectivity index (χ0n) is 11.0. The highest BCUT2D eigenvalue weighted by molar-refractivity contribution is 6.03. The maximum Gasteiger partial charge on any atom is 0.338 e. The molecule has 5 heteroatoms. The number of pyridine rings is 1. The second-order valence-corrected chi connectivity index (χ2v) is 4.61. The Kier molecular flexibility index (Phi) is 4.42. The van der Waals surface area contributed by atoms with Crippen molar-refractivity contribution in [2.45, 2.75) is 26.8 Å². The minimum absolute atomic E-state index is 0.0139. The Labute approximate surface area is 106 Å². The van der Waals surface area contributed by atoms with Gasteiger partial charge < -0.3 is 10.0 Å². The van der Waals surface area contributed by atoms with Crippen LogP contribution in [-0.4, -0.2) is 40.0 Å². The average molecular weight is 250 g/mol. The lowest BCUT2D eigenvalue weighted by atomic mass is 10.0. The van der Waals surface area contributed by atoms with Crippen molar-refractivity contribution in [3.63, 3.8) is 0 Å². The number of nitrogens with zero attached hydrogens (tertiary/aromatic N) is 2. The molecule has 0 saturated carbocycles. The summed E-state index contributed by atoms with van der Waals surface area (Å²) in [6.45, 7) is 5.93. The summed E-state index contributed by atoms with van der Waals surface area (Å²) in [4.78, 5) is 28.7.